The minimum absolute atomic E-state index is 0.198. The summed E-state index contributed by atoms with van der Waals surface area (Å²) in [4.78, 5) is 19.9. The van der Waals surface area contributed by atoms with Crippen molar-refractivity contribution in [3.05, 3.63) is 89.9 Å². The van der Waals surface area contributed by atoms with Crippen LogP contribution in [0.3, 0.4) is 0 Å². The number of rotatable bonds is 4. The number of nitrogens with one attached hydrogen (secondary N) is 1. The Kier molecular flexibility index (Phi) is 6.01. The number of aromatic amines is 1. The number of carbonyl (C=O) groups is 1. The largest absolute Gasteiger partial charge is 0.478 e. The molecule has 0 radical (unpaired) electrons. The monoisotopic (exact) mass is 523 g/mol. The number of pyridine rings is 1. The van der Waals surface area contributed by atoms with Crippen LogP contribution in [0.5, 0.6) is 0 Å². The molecule has 0 amide bonds. The maximum Gasteiger partial charge on any atom is 0.336 e. The average molecular weight is 524 g/mol. The molecule has 0 spiro atoms. The van der Waals surface area contributed by atoms with Gasteiger partial charge in [-0.15, -0.1) is 0 Å². The second kappa shape index (κ2) is 9.51. The second-order valence-electron chi connectivity index (χ2n) is 9.76. The molecule has 4 heterocycles. The lowest BCUT2D eigenvalue weighted by atomic mass is 9.93. The van der Waals surface area contributed by atoms with Crippen molar-refractivity contribution < 1.29 is 18.3 Å². The standard InChI is InChI=1S/C30H25N3O4S/c34-30(35)26-3-1-2-23(28(26)24-7-6-22-8-12-31-27(22)17-24)5-4-21-16-25-9-13-33(29(25)32-18-21)19-20-10-14-38(36,37)15-11-20/h1-3,6-9,12-13,16-18,20,31H,10-11,14-15,19H2,(H,34,35). The maximum absolute atomic E-state index is 12.1. The number of benzene rings is 2. The van der Waals surface area contributed by atoms with E-state index in [1.54, 1.807) is 18.3 Å². The number of hydrogen-bond acceptors (Lipinski definition) is 4. The van der Waals surface area contributed by atoms with Gasteiger partial charge >= 0.3 is 5.97 Å². The fourth-order valence-corrected chi connectivity index (χ4v) is 6.77. The summed E-state index contributed by atoms with van der Waals surface area (Å²) in [5.41, 5.74) is 4.68. The Balaban J connectivity index is 1.31. The van der Waals surface area contributed by atoms with Crippen LogP contribution in [0.4, 0.5) is 0 Å². The Hall–Kier alpha value is -4.35. The summed E-state index contributed by atoms with van der Waals surface area (Å²) in [7, 11) is -2.88. The second-order valence-corrected chi connectivity index (χ2v) is 12.1. The molecule has 2 N–H and O–H groups in total. The quantitative estimate of drug-likeness (QED) is 0.319. The lowest BCUT2D eigenvalue weighted by Gasteiger charge is -2.22. The molecule has 0 atom stereocenters. The summed E-state index contributed by atoms with van der Waals surface area (Å²) in [5, 5.41) is 11.9. The molecular formula is C30H25N3O4S. The molecule has 1 aliphatic rings. The molecule has 38 heavy (non-hydrogen) atoms. The van der Waals surface area contributed by atoms with Gasteiger partial charge in [0.15, 0.2) is 0 Å². The van der Waals surface area contributed by atoms with E-state index in [0.29, 0.717) is 29.9 Å². The Labute approximate surface area is 220 Å². The van der Waals surface area contributed by atoms with E-state index >= 15 is 0 Å². The van der Waals surface area contributed by atoms with E-state index < -0.39 is 15.8 Å². The van der Waals surface area contributed by atoms with Crippen LogP contribution < -0.4 is 0 Å². The van der Waals surface area contributed by atoms with E-state index in [0.717, 1.165) is 39.6 Å². The minimum atomic E-state index is -2.88. The fourth-order valence-electron chi connectivity index (χ4n) is 5.18. The molecule has 7 nitrogen and oxygen atoms in total. The molecule has 0 unspecified atom stereocenters. The van der Waals surface area contributed by atoms with Gasteiger partial charge in [0, 0.05) is 52.7 Å². The first kappa shape index (κ1) is 24.0. The van der Waals surface area contributed by atoms with Crippen LogP contribution in [0, 0.1) is 17.8 Å². The molecule has 8 heteroatoms. The predicted molar refractivity (Wildman–Crippen MR) is 148 cm³/mol. The molecule has 2 aromatic carbocycles. The number of carboxylic acid groups (broad SMARTS) is 1. The van der Waals surface area contributed by atoms with Crippen molar-refractivity contribution in [2.75, 3.05) is 11.5 Å². The Morgan fingerprint density at radius 2 is 1.89 bits per heavy atom. The number of nitrogens with zero attached hydrogens (tertiary/aromatic N) is 2. The Morgan fingerprint density at radius 1 is 1.05 bits per heavy atom. The van der Waals surface area contributed by atoms with E-state index in [1.165, 1.54) is 0 Å². The molecular weight excluding hydrogens is 498 g/mol. The topological polar surface area (TPSA) is 105 Å². The molecule has 1 saturated heterocycles. The van der Waals surface area contributed by atoms with Crippen LogP contribution in [0.2, 0.25) is 0 Å². The number of sulfone groups is 1. The number of fused-ring (bicyclic) bond motifs is 2. The van der Waals surface area contributed by atoms with Crippen LogP contribution >= 0.6 is 0 Å². The summed E-state index contributed by atoms with van der Waals surface area (Å²) in [6.07, 6.45) is 6.93. The summed E-state index contributed by atoms with van der Waals surface area (Å²) in [5.74, 6) is 6.19. The highest BCUT2D eigenvalue weighted by molar-refractivity contribution is 7.91. The van der Waals surface area contributed by atoms with Crippen LogP contribution in [0.1, 0.15) is 34.3 Å². The van der Waals surface area contributed by atoms with Gasteiger partial charge in [0.25, 0.3) is 0 Å². The summed E-state index contributed by atoms with van der Waals surface area (Å²) in [6, 6.07) is 16.9. The smallest absolute Gasteiger partial charge is 0.336 e. The maximum atomic E-state index is 12.1. The zero-order valence-corrected chi connectivity index (χ0v) is 21.3. The van der Waals surface area contributed by atoms with Gasteiger partial charge in [0.1, 0.15) is 15.5 Å². The summed E-state index contributed by atoms with van der Waals surface area (Å²) in [6.45, 7) is 0.744. The first-order valence-electron chi connectivity index (χ1n) is 12.5. The van der Waals surface area contributed by atoms with E-state index in [4.69, 9.17) is 0 Å². The molecule has 190 valence electrons. The van der Waals surface area contributed by atoms with Crippen molar-refractivity contribution in [2.24, 2.45) is 5.92 Å². The van der Waals surface area contributed by atoms with Crippen LogP contribution in [0.25, 0.3) is 33.1 Å². The van der Waals surface area contributed by atoms with Gasteiger partial charge in [-0.1, -0.05) is 30.0 Å². The van der Waals surface area contributed by atoms with Gasteiger partial charge < -0.3 is 14.7 Å². The van der Waals surface area contributed by atoms with Gasteiger partial charge in [-0.2, -0.15) is 0 Å². The zero-order valence-electron chi connectivity index (χ0n) is 20.5. The Morgan fingerprint density at radius 3 is 2.71 bits per heavy atom. The highest BCUT2D eigenvalue weighted by Crippen LogP contribution is 2.30. The normalized spacial score (nSPS) is 15.4. The number of aromatic carboxylic acids is 1. The van der Waals surface area contributed by atoms with Crippen molar-refractivity contribution in [2.45, 2.75) is 19.4 Å². The summed E-state index contributed by atoms with van der Waals surface area (Å²) < 4.78 is 25.6. The lowest BCUT2D eigenvalue weighted by molar-refractivity contribution is 0.0697. The Bertz CT molecular complexity index is 1860. The highest BCUT2D eigenvalue weighted by Gasteiger charge is 2.24. The molecule has 0 bridgehead atoms. The van der Waals surface area contributed by atoms with Gasteiger partial charge in [-0.3, -0.25) is 0 Å². The molecule has 3 aromatic heterocycles. The number of hydrogen-bond donors (Lipinski definition) is 2. The number of carboxylic acids is 1. The van der Waals surface area contributed by atoms with Crippen LogP contribution in [-0.4, -0.2) is 45.5 Å². The number of aromatic nitrogens is 3. The number of H-pyrrole nitrogens is 1. The highest BCUT2D eigenvalue weighted by atomic mass is 32.2. The van der Waals surface area contributed by atoms with Crippen molar-refractivity contribution in [3.63, 3.8) is 0 Å². The van der Waals surface area contributed by atoms with Gasteiger partial charge in [0.05, 0.1) is 17.1 Å². The zero-order chi connectivity index (χ0) is 26.3. The van der Waals surface area contributed by atoms with E-state index in [2.05, 4.69) is 26.4 Å². The van der Waals surface area contributed by atoms with Crippen molar-refractivity contribution in [1.82, 2.24) is 14.5 Å². The molecule has 1 fully saturated rings. The SMILES string of the molecule is O=C(O)c1cccc(C#Cc2cnc3c(ccn3CC3CCS(=O)(=O)CC3)c2)c1-c1ccc2cc[nH]c2c1. The van der Waals surface area contributed by atoms with Crippen molar-refractivity contribution in [3.8, 4) is 23.0 Å². The fraction of sp³-hybridized carbons (Fsp3) is 0.200. The summed E-state index contributed by atoms with van der Waals surface area (Å²) >= 11 is 0. The first-order chi connectivity index (χ1) is 18.4. The molecule has 6 rings (SSSR count). The third-order valence-corrected chi connectivity index (χ3v) is 8.93. The van der Waals surface area contributed by atoms with Gasteiger partial charge in [-0.05, 0) is 66.1 Å². The molecule has 5 aromatic rings. The third kappa shape index (κ3) is 4.69. The van der Waals surface area contributed by atoms with Crippen molar-refractivity contribution >= 4 is 37.7 Å². The molecule has 1 aliphatic heterocycles. The third-order valence-electron chi connectivity index (χ3n) is 7.21. The lowest BCUT2D eigenvalue weighted by Crippen LogP contribution is -2.25. The first-order valence-corrected chi connectivity index (χ1v) is 14.3. The van der Waals surface area contributed by atoms with Gasteiger partial charge in [0.2, 0.25) is 0 Å². The molecule has 0 aliphatic carbocycles. The average Bonchev–Trinajstić information content (AvgIpc) is 3.54. The minimum Gasteiger partial charge on any atom is -0.478 e. The van der Waals surface area contributed by atoms with Crippen molar-refractivity contribution in [1.29, 1.82) is 0 Å². The van der Waals surface area contributed by atoms with E-state index in [9.17, 15) is 18.3 Å². The molecule has 0 saturated carbocycles. The van der Waals surface area contributed by atoms with Crippen LogP contribution in [-0.2, 0) is 16.4 Å². The van der Waals surface area contributed by atoms with E-state index in [-0.39, 0.29) is 17.1 Å². The predicted octanol–water partition coefficient (Wildman–Crippen LogP) is 5.11. The van der Waals surface area contributed by atoms with Gasteiger partial charge in [-0.25, -0.2) is 18.2 Å². The van der Waals surface area contributed by atoms with E-state index in [1.807, 2.05) is 54.9 Å². The van der Waals surface area contributed by atoms with Crippen LogP contribution in [0.15, 0.2) is 73.2 Å².